The molecule has 1 aliphatic rings. The largest absolute Gasteiger partial charge is 0.475 e. The monoisotopic (exact) mass is 308 g/mol. The average molecular weight is 308 g/mol. The predicted molar refractivity (Wildman–Crippen MR) is 77.6 cm³/mol. The second-order valence-electron chi connectivity index (χ2n) is 5.70. The molecule has 0 unspecified atom stereocenters. The van der Waals surface area contributed by atoms with Crippen LogP contribution < -0.4 is 5.32 Å². The van der Waals surface area contributed by atoms with Crippen molar-refractivity contribution in [2.75, 3.05) is 13.1 Å². The number of nitrogens with zero attached hydrogens (tertiary/aromatic N) is 1. The summed E-state index contributed by atoms with van der Waals surface area (Å²) in [5, 5.41) is 11.8. The minimum atomic E-state index is -1.20. The molecule has 2 amide bonds. The van der Waals surface area contributed by atoms with Crippen LogP contribution in [0.15, 0.2) is 16.5 Å². The zero-order valence-electron chi connectivity index (χ0n) is 12.7. The molecule has 7 heteroatoms. The van der Waals surface area contributed by atoms with Gasteiger partial charge >= 0.3 is 5.97 Å². The fourth-order valence-electron chi connectivity index (χ4n) is 2.32. The van der Waals surface area contributed by atoms with E-state index in [0.29, 0.717) is 25.9 Å². The molecule has 1 aromatic rings. The lowest BCUT2D eigenvalue weighted by Gasteiger charge is -2.32. The van der Waals surface area contributed by atoms with Crippen LogP contribution in [0.25, 0.3) is 0 Å². The fraction of sp³-hybridized carbons (Fsp3) is 0.533. The second-order valence-corrected chi connectivity index (χ2v) is 5.70. The normalized spacial score (nSPS) is 15.9. The smallest absolute Gasteiger partial charge is 0.371 e. The van der Waals surface area contributed by atoms with Crippen molar-refractivity contribution in [2.45, 2.75) is 32.7 Å². The van der Waals surface area contributed by atoms with Crippen LogP contribution in [0.4, 0.5) is 0 Å². The Morgan fingerprint density at radius 1 is 1.23 bits per heavy atom. The standard InChI is InChI=1S/C15H20N2O5/c1-9(2)13(18)16-10-5-7-17(8-6-10)14(19)11-3-4-12(22-11)15(20)21/h3-4,9-10H,5-8H2,1-2H3,(H,16,18)(H,20,21). The molecular weight excluding hydrogens is 288 g/mol. The Morgan fingerprint density at radius 2 is 1.82 bits per heavy atom. The molecule has 0 saturated carbocycles. The van der Waals surface area contributed by atoms with Crippen LogP contribution in [0.2, 0.25) is 0 Å². The number of rotatable bonds is 4. The van der Waals surface area contributed by atoms with Gasteiger partial charge in [0.1, 0.15) is 0 Å². The zero-order chi connectivity index (χ0) is 16.3. The highest BCUT2D eigenvalue weighted by molar-refractivity contribution is 5.93. The first-order valence-corrected chi connectivity index (χ1v) is 7.31. The molecule has 0 aromatic carbocycles. The van der Waals surface area contributed by atoms with Gasteiger partial charge in [0.25, 0.3) is 5.91 Å². The number of piperidine rings is 1. The van der Waals surface area contributed by atoms with E-state index in [9.17, 15) is 14.4 Å². The Hall–Kier alpha value is -2.31. The molecular formula is C15H20N2O5. The van der Waals surface area contributed by atoms with Crippen LogP contribution in [0, 0.1) is 5.92 Å². The molecule has 0 bridgehead atoms. The number of carboxylic acid groups (broad SMARTS) is 1. The number of hydrogen-bond donors (Lipinski definition) is 2. The molecule has 2 N–H and O–H groups in total. The first-order chi connectivity index (χ1) is 10.4. The highest BCUT2D eigenvalue weighted by atomic mass is 16.4. The SMILES string of the molecule is CC(C)C(=O)NC1CCN(C(=O)c2ccc(C(=O)O)o2)CC1. The number of carbonyl (C=O) groups is 3. The van der Waals surface area contributed by atoms with E-state index < -0.39 is 5.97 Å². The van der Waals surface area contributed by atoms with Crippen molar-refractivity contribution in [2.24, 2.45) is 5.92 Å². The van der Waals surface area contributed by atoms with Crippen LogP contribution in [-0.2, 0) is 4.79 Å². The third-order valence-corrected chi connectivity index (χ3v) is 3.68. The fourth-order valence-corrected chi connectivity index (χ4v) is 2.32. The minimum absolute atomic E-state index is 0.0157. The third-order valence-electron chi connectivity index (χ3n) is 3.68. The quantitative estimate of drug-likeness (QED) is 0.874. The summed E-state index contributed by atoms with van der Waals surface area (Å²) in [7, 11) is 0. The van der Waals surface area contributed by atoms with Crippen molar-refractivity contribution in [1.29, 1.82) is 0 Å². The lowest BCUT2D eigenvalue weighted by Crippen LogP contribution is -2.47. The molecule has 1 aromatic heterocycles. The van der Waals surface area contributed by atoms with Crippen LogP contribution in [0.3, 0.4) is 0 Å². The van der Waals surface area contributed by atoms with Crippen molar-refractivity contribution in [3.63, 3.8) is 0 Å². The molecule has 0 radical (unpaired) electrons. The average Bonchev–Trinajstić information content (AvgIpc) is 2.97. The van der Waals surface area contributed by atoms with E-state index in [-0.39, 0.29) is 35.3 Å². The molecule has 0 aliphatic carbocycles. The summed E-state index contributed by atoms with van der Waals surface area (Å²) in [6.07, 6.45) is 1.35. The van der Waals surface area contributed by atoms with Crippen LogP contribution in [0.5, 0.6) is 0 Å². The van der Waals surface area contributed by atoms with Gasteiger partial charge in [-0.1, -0.05) is 13.8 Å². The molecule has 1 saturated heterocycles. The summed E-state index contributed by atoms with van der Waals surface area (Å²) in [5.41, 5.74) is 0. The lowest BCUT2D eigenvalue weighted by atomic mass is 10.0. The van der Waals surface area contributed by atoms with Gasteiger partial charge in [-0.3, -0.25) is 9.59 Å². The Bertz CT molecular complexity index is 570. The van der Waals surface area contributed by atoms with Gasteiger partial charge in [-0.05, 0) is 25.0 Å². The van der Waals surface area contributed by atoms with Gasteiger partial charge < -0.3 is 19.7 Å². The van der Waals surface area contributed by atoms with Crippen molar-refractivity contribution in [3.8, 4) is 0 Å². The summed E-state index contributed by atoms with van der Waals surface area (Å²) in [5.74, 6) is -1.78. The maximum absolute atomic E-state index is 12.2. The topological polar surface area (TPSA) is 99.9 Å². The molecule has 7 nitrogen and oxygen atoms in total. The van der Waals surface area contributed by atoms with Crippen LogP contribution >= 0.6 is 0 Å². The predicted octanol–water partition coefficient (Wildman–Crippen LogP) is 1.35. The highest BCUT2D eigenvalue weighted by Gasteiger charge is 2.27. The number of nitrogens with one attached hydrogen (secondary N) is 1. The van der Waals surface area contributed by atoms with E-state index in [1.165, 1.54) is 12.1 Å². The summed E-state index contributed by atoms with van der Waals surface area (Å²) < 4.78 is 5.02. The van der Waals surface area contributed by atoms with Crippen LogP contribution in [-0.4, -0.2) is 46.9 Å². The summed E-state index contributed by atoms with van der Waals surface area (Å²) in [6.45, 7) is 4.69. The number of hydrogen-bond acceptors (Lipinski definition) is 4. The molecule has 0 spiro atoms. The maximum atomic E-state index is 12.2. The Labute approximate surface area is 128 Å². The van der Waals surface area contributed by atoms with E-state index in [1.807, 2.05) is 13.8 Å². The minimum Gasteiger partial charge on any atom is -0.475 e. The number of aromatic carboxylic acids is 1. The molecule has 0 atom stereocenters. The lowest BCUT2D eigenvalue weighted by molar-refractivity contribution is -0.124. The van der Waals surface area contributed by atoms with E-state index in [0.717, 1.165) is 0 Å². The number of carboxylic acids is 1. The van der Waals surface area contributed by atoms with Crippen molar-refractivity contribution < 1.29 is 23.9 Å². The Morgan fingerprint density at radius 3 is 2.32 bits per heavy atom. The first kappa shape index (κ1) is 16.1. The van der Waals surface area contributed by atoms with Crippen molar-refractivity contribution in [3.05, 3.63) is 23.7 Å². The molecule has 2 heterocycles. The summed E-state index contributed by atoms with van der Waals surface area (Å²) >= 11 is 0. The summed E-state index contributed by atoms with van der Waals surface area (Å²) in [6, 6.07) is 2.72. The van der Waals surface area contributed by atoms with E-state index in [4.69, 9.17) is 9.52 Å². The molecule has 22 heavy (non-hydrogen) atoms. The van der Waals surface area contributed by atoms with Crippen molar-refractivity contribution in [1.82, 2.24) is 10.2 Å². The van der Waals surface area contributed by atoms with Gasteiger partial charge in [-0.2, -0.15) is 0 Å². The number of carbonyl (C=O) groups excluding carboxylic acids is 2. The Balaban J connectivity index is 1.89. The highest BCUT2D eigenvalue weighted by Crippen LogP contribution is 2.16. The van der Waals surface area contributed by atoms with Gasteiger partial charge in [0, 0.05) is 25.0 Å². The maximum Gasteiger partial charge on any atom is 0.371 e. The van der Waals surface area contributed by atoms with Gasteiger partial charge in [-0.25, -0.2) is 4.79 Å². The first-order valence-electron chi connectivity index (χ1n) is 7.31. The number of amides is 2. The zero-order valence-corrected chi connectivity index (χ0v) is 12.7. The number of furan rings is 1. The molecule has 1 aliphatic heterocycles. The van der Waals surface area contributed by atoms with E-state index in [2.05, 4.69) is 5.32 Å². The van der Waals surface area contributed by atoms with Crippen LogP contribution in [0.1, 0.15) is 47.8 Å². The van der Waals surface area contributed by atoms with Gasteiger partial charge in [0.2, 0.25) is 11.7 Å². The molecule has 120 valence electrons. The van der Waals surface area contributed by atoms with Gasteiger partial charge in [0.15, 0.2) is 5.76 Å². The number of likely N-dealkylation sites (tertiary alicyclic amines) is 1. The third kappa shape index (κ3) is 3.66. The summed E-state index contributed by atoms with van der Waals surface area (Å²) in [4.78, 5) is 36.2. The second kappa shape index (κ2) is 6.64. The molecule has 2 rings (SSSR count). The molecule has 1 fully saturated rings. The Kier molecular flexibility index (Phi) is 4.85. The van der Waals surface area contributed by atoms with Crippen molar-refractivity contribution >= 4 is 17.8 Å². The van der Waals surface area contributed by atoms with E-state index in [1.54, 1.807) is 4.90 Å². The van der Waals surface area contributed by atoms with Gasteiger partial charge in [0.05, 0.1) is 0 Å². The van der Waals surface area contributed by atoms with Gasteiger partial charge in [-0.15, -0.1) is 0 Å². The van der Waals surface area contributed by atoms with E-state index >= 15 is 0 Å².